The predicted molar refractivity (Wildman–Crippen MR) is 185 cm³/mol. The highest BCUT2D eigenvalue weighted by Gasteiger charge is 2.36. The van der Waals surface area contributed by atoms with Gasteiger partial charge in [-0.25, -0.2) is 26.3 Å². The van der Waals surface area contributed by atoms with Crippen molar-refractivity contribution >= 4 is 44.2 Å². The predicted octanol–water partition coefficient (Wildman–Crippen LogP) is 7.30. The molecule has 0 N–H and O–H groups in total. The number of carbonyl (C=O) groups is 1. The fraction of sp³-hybridized carbons (Fsp3) is 0.382. The van der Waals surface area contributed by atoms with E-state index in [0.717, 1.165) is 21.2 Å². The van der Waals surface area contributed by atoms with E-state index >= 15 is 8.78 Å². The molecule has 4 aromatic rings. The number of likely N-dealkylation sites (tertiary alicyclic amines) is 1. The van der Waals surface area contributed by atoms with Crippen molar-refractivity contribution in [1.82, 2.24) is 15.1 Å². The van der Waals surface area contributed by atoms with E-state index in [4.69, 9.17) is 30.5 Å². The van der Waals surface area contributed by atoms with Crippen molar-refractivity contribution in [3.8, 4) is 17.2 Å². The molecule has 0 bridgehead atoms. The molecule has 1 aliphatic rings. The zero-order valence-electron chi connectivity index (χ0n) is 28.1. The summed E-state index contributed by atoms with van der Waals surface area (Å²) in [4.78, 5) is 13.6. The zero-order valence-corrected chi connectivity index (χ0v) is 30.4. The lowest BCUT2D eigenvalue weighted by Gasteiger charge is -2.39. The number of nitrogens with zero attached hydrogens (tertiary/aromatic N) is 4. The van der Waals surface area contributed by atoms with Gasteiger partial charge in [-0.15, -0.1) is 10.2 Å². The number of amides is 1. The van der Waals surface area contributed by atoms with Crippen LogP contribution in [0.15, 0.2) is 65.0 Å². The molecule has 16 heteroatoms. The SMILES string of the molecule is COc1ccc(CN(c2nncs2)S(=O)(=O)c2cc(F)c(OC[C@H]3CN(C(=O)OC(C)(C)C)CC[C@@H]3c3ccc(Cl)cc3)cc2F)c(OC)c1. The maximum absolute atomic E-state index is 15.8. The Morgan fingerprint density at radius 3 is 2.42 bits per heavy atom. The minimum absolute atomic E-state index is 0.0666. The molecule has 11 nitrogen and oxygen atoms in total. The van der Waals surface area contributed by atoms with Crippen LogP contribution in [0.4, 0.5) is 18.7 Å². The number of carbonyl (C=O) groups excluding carboxylic acids is 1. The maximum atomic E-state index is 15.8. The van der Waals surface area contributed by atoms with Gasteiger partial charge in [0.15, 0.2) is 11.6 Å². The summed E-state index contributed by atoms with van der Waals surface area (Å²) < 4.78 is 82.3. The highest BCUT2D eigenvalue weighted by atomic mass is 35.5. The molecular formula is C34H37ClF2N4O7S2. The van der Waals surface area contributed by atoms with Gasteiger partial charge in [0.2, 0.25) is 5.13 Å². The minimum atomic E-state index is -4.73. The molecule has 5 rings (SSSR count). The zero-order chi connectivity index (χ0) is 36.2. The number of halogens is 3. The largest absolute Gasteiger partial charge is 0.497 e. The van der Waals surface area contributed by atoms with Gasteiger partial charge in [0.1, 0.15) is 33.3 Å². The van der Waals surface area contributed by atoms with Crippen LogP contribution in [0.25, 0.3) is 0 Å². The molecule has 50 heavy (non-hydrogen) atoms. The lowest BCUT2D eigenvalue weighted by atomic mass is 9.81. The molecule has 268 valence electrons. The summed E-state index contributed by atoms with van der Waals surface area (Å²) in [5.41, 5.74) is 1.98. The number of hydrogen-bond acceptors (Lipinski definition) is 10. The van der Waals surface area contributed by atoms with E-state index in [1.54, 1.807) is 56.0 Å². The third-order valence-electron chi connectivity index (χ3n) is 8.06. The van der Waals surface area contributed by atoms with Gasteiger partial charge in [-0.2, -0.15) is 0 Å². The molecular weight excluding hydrogens is 714 g/mol. The molecule has 0 unspecified atom stereocenters. The summed E-state index contributed by atoms with van der Waals surface area (Å²) in [6.45, 7) is 5.53. The molecule has 2 atom stereocenters. The van der Waals surface area contributed by atoms with Gasteiger partial charge >= 0.3 is 6.09 Å². The summed E-state index contributed by atoms with van der Waals surface area (Å²) in [5, 5.41) is 8.12. The average molecular weight is 751 g/mol. The Kier molecular flexibility index (Phi) is 11.4. The van der Waals surface area contributed by atoms with Crippen molar-refractivity contribution in [2.24, 2.45) is 5.92 Å². The van der Waals surface area contributed by atoms with Crippen LogP contribution in [0.3, 0.4) is 0 Å². The van der Waals surface area contributed by atoms with Crippen molar-refractivity contribution in [2.75, 3.05) is 38.2 Å². The van der Waals surface area contributed by atoms with E-state index < -0.39 is 44.0 Å². The molecule has 2 heterocycles. The van der Waals surface area contributed by atoms with Crippen LogP contribution < -0.4 is 18.5 Å². The molecule has 0 saturated carbocycles. The van der Waals surface area contributed by atoms with Gasteiger partial charge in [0, 0.05) is 47.8 Å². The third-order valence-corrected chi connectivity index (χ3v) is 10.9. The quantitative estimate of drug-likeness (QED) is 0.156. The summed E-state index contributed by atoms with van der Waals surface area (Å²) >= 11 is 7.02. The Morgan fingerprint density at radius 1 is 1.04 bits per heavy atom. The lowest BCUT2D eigenvalue weighted by molar-refractivity contribution is 0.0110. The Balaban J connectivity index is 1.41. The Bertz CT molecular complexity index is 1910. The molecule has 1 fully saturated rings. The number of anilines is 1. The fourth-order valence-corrected chi connectivity index (χ4v) is 8.01. The van der Waals surface area contributed by atoms with Crippen molar-refractivity contribution in [2.45, 2.75) is 50.2 Å². The van der Waals surface area contributed by atoms with Crippen molar-refractivity contribution in [3.05, 3.63) is 87.9 Å². The average Bonchev–Trinajstić information content (AvgIpc) is 3.61. The van der Waals surface area contributed by atoms with E-state index in [0.29, 0.717) is 47.2 Å². The molecule has 1 aliphatic heterocycles. The number of benzene rings is 3. The topological polar surface area (TPSA) is 120 Å². The second kappa shape index (κ2) is 15.4. The van der Waals surface area contributed by atoms with Crippen LogP contribution in [0.5, 0.6) is 17.2 Å². The summed E-state index contributed by atoms with van der Waals surface area (Å²) in [7, 11) is -1.85. The van der Waals surface area contributed by atoms with Crippen LogP contribution in [-0.4, -0.2) is 69.1 Å². The highest BCUT2D eigenvalue weighted by molar-refractivity contribution is 7.93. The first-order chi connectivity index (χ1) is 23.7. The van der Waals surface area contributed by atoms with Crippen LogP contribution in [-0.2, 0) is 21.3 Å². The van der Waals surface area contributed by atoms with E-state index in [2.05, 4.69) is 10.2 Å². The number of methoxy groups -OCH3 is 2. The minimum Gasteiger partial charge on any atom is -0.497 e. The van der Waals surface area contributed by atoms with Gasteiger partial charge in [-0.05, 0) is 62.9 Å². The molecule has 1 aromatic heterocycles. The van der Waals surface area contributed by atoms with Gasteiger partial charge in [-0.1, -0.05) is 35.1 Å². The van der Waals surface area contributed by atoms with E-state index in [1.165, 1.54) is 19.7 Å². The lowest BCUT2D eigenvalue weighted by Crippen LogP contribution is -2.46. The van der Waals surface area contributed by atoms with Crippen molar-refractivity contribution < 1.29 is 40.9 Å². The Hall–Kier alpha value is -4.21. The normalized spacial score (nSPS) is 16.5. The monoisotopic (exact) mass is 750 g/mol. The van der Waals surface area contributed by atoms with Crippen LogP contribution in [0.1, 0.15) is 44.2 Å². The van der Waals surface area contributed by atoms with Crippen LogP contribution >= 0.6 is 22.9 Å². The second-order valence-corrected chi connectivity index (χ2v) is 15.6. The standard InChI is InChI=1S/C34H37ClF2N4O7S2/c1-34(2,3)48-33(42)40-13-12-26(21-6-9-24(35)10-7-21)23(17-40)19-47-30-15-28(37)31(16-27(30)36)50(43,44)41(32-39-38-20-49-32)18-22-8-11-25(45-4)14-29(22)46-5/h6-11,14-16,20,23,26H,12-13,17-19H2,1-5H3/t23-,26-/m1/s1. The number of piperidine rings is 1. The molecule has 0 aliphatic carbocycles. The van der Waals surface area contributed by atoms with Crippen molar-refractivity contribution in [3.63, 3.8) is 0 Å². The van der Waals surface area contributed by atoms with E-state index in [1.807, 2.05) is 12.1 Å². The molecule has 0 spiro atoms. The van der Waals surface area contributed by atoms with Crippen LogP contribution in [0.2, 0.25) is 5.02 Å². The number of aromatic nitrogens is 2. The summed E-state index contributed by atoms with van der Waals surface area (Å²) in [5.74, 6) is -2.47. The first kappa shape index (κ1) is 37.1. The van der Waals surface area contributed by atoms with E-state index in [9.17, 15) is 13.2 Å². The van der Waals surface area contributed by atoms with E-state index in [-0.39, 0.29) is 36.7 Å². The first-order valence-electron chi connectivity index (χ1n) is 15.5. The summed E-state index contributed by atoms with van der Waals surface area (Å²) in [6.07, 6.45) is 0.0691. The molecule has 1 saturated heterocycles. The maximum Gasteiger partial charge on any atom is 0.410 e. The highest BCUT2D eigenvalue weighted by Crippen LogP contribution is 2.37. The Labute approximate surface area is 298 Å². The molecule has 0 radical (unpaired) electrons. The van der Waals surface area contributed by atoms with Crippen molar-refractivity contribution in [1.29, 1.82) is 0 Å². The second-order valence-electron chi connectivity index (χ2n) is 12.6. The smallest absolute Gasteiger partial charge is 0.410 e. The number of hydrogen-bond donors (Lipinski definition) is 0. The van der Waals surface area contributed by atoms with Gasteiger partial charge in [0.05, 0.1) is 27.4 Å². The Morgan fingerprint density at radius 2 is 1.78 bits per heavy atom. The first-order valence-corrected chi connectivity index (χ1v) is 18.2. The van der Waals surface area contributed by atoms with Gasteiger partial charge in [0.25, 0.3) is 10.0 Å². The number of rotatable bonds is 11. The fourth-order valence-electron chi connectivity index (χ4n) is 5.64. The number of ether oxygens (including phenoxy) is 4. The third kappa shape index (κ3) is 8.56. The molecule has 3 aromatic carbocycles. The number of sulfonamides is 1. The summed E-state index contributed by atoms with van der Waals surface area (Å²) in [6, 6.07) is 13.4. The van der Waals surface area contributed by atoms with Gasteiger partial charge < -0.3 is 23.8 Å². The molecule has 1 amide bonds. The van der Waals surface area contributed by atoms with Crippen LogP contribution in [0, 0.1) is 17.6 Å². The van der Waals surface area contributed by atoms with Gasteiger partial charge in [-0.3, -0.25) is 0 Å².